The number of halogens is 1. The smallest absolute Gasteiger partial charge is 0.137 e. The van der Waals surface area contributed by atoms with Gasteiger partial charge in [-0.2, -0.15) is 0 Å². The van der Waals surface area contributed by atoms with Gasteiger partial charge in [0.05, 0.1) is 7.11 Å². The van der Waals surface area contributed by atoms with Gasteiger partial charge in [0.25, 0.3) is 0 Å². The first-order chi connectivity index (χ1) is 8.14. The van der Waals surface area contributed by atoms with E-state index in [2.05, 4.69) is 5.32 Å². The standard InChI is InChI=1S/C14H20FNO/c1-14(15,12-4-3-9-16-10-12)11-5-7-13(17-2)8-6-11/h5-8,12,16H,3-4,9-10H2,1-2H3. The molecule has 2 nitrogen and oxygen atoms in total. The van der Waals surface area contributed by atoms with Crippen LogP contribution >= 0.6 is 0 Å². The van der Waals surface area contributed by atoms with E-state index >= 15 is 0 Å². The second-order valence-corrected chi connectivity index (χ2v) is 4.85. The Kier molecular flexibility index (Phi) is 3.67. The van der Waals surface area contributed by atoms with E-state index in [1.54, 1.807) is 14.0 Å². The molecule has 1 N–H and O–H groups in total. The molecule has 2 unspecified atom stereocenters. The normalized spacial score (nSPS) is 24.1. The van der Waals surface area contributed by atoms with Gasteiger partial charge in [-0.1, -0.05) is 12.1 Å². The molecule has 1 aliphatic heterocycles. The lowest BCUT2D eigenvalue weighted by atomic mass is 9.80. The quantitative estimate of drug-likeness (QED) is 0.872. The number of rotatable bonds is 3. The monoisotopic (exact) mass is 237 g/mol. The molecule has 94 valence electrons. The number of piperidine rings is 1. The molecule has 1 aliphatic rings. The van der Waals surface area contributed by atoms with E-state index in [4.69, 9.17) is 4.74 Å². The first kappa shape index (κ1) is 12.4. The topological polar surface area (TPSA) is 21.3 Å². The van der Waals surface area contributed by atoms with Gasteiger partial charge in [0.2, 0.25) is 0 Å². The van der Waals surface area contributed by atoms with Crippen molar-refractivity contribution >= 4 is 0 Å². The van der Waals surface area contributed by atoms with Crippen LogP contribution < -0.4 is 10.1 Å². The molecule has 1 fully saturated rings. The molecule has 3 heteroatoms. The van der Waals surface area contributed by atoms with Gasteiger partial charge in [-0.3, -0.25) is 0 Å². The molecule has 1 heterocycles. The Morgan fingerprint density at radius 1 is 1.35 bits per heavy atom. The van der Waals surface area contributed by atoms with Gasteiger partial charge in [0.15, 0.2) is 0 Å². The Labute approximate surface area is 102 Å². The average Bonchev–Trinajstić information content (AvgIpc) is 2.40. The fourth-order valence-electron chi connectivity index (χ4n) is 2.47. The molecule has 2 atom stereocenters. The average molecular weight is 237 g/mol. The number of alkyl halides is 1. The zero-order valence-electron chi connectivity index (χ0n) is 10.5. The van der Waals surface area contributed by atoms with Crippen LogP contribution in [0.2, 0.25) is 0 Å². The molecule has 0 bridgehead atoms. The molecule has 0 aliphatic carbocycles. The predicted octanol–water partition coefficient (Wildman–Crippen LogP) is 2.88. The van der Waals surface area contributed by atoms with Crippen LogP contribution in [0.4, 0.5) is 4.39 Å². The lowest BCUT2D eigenvalue weighted by Gasteiger charge is -2.34. The van der Waals surface area contributed by atoms with Crippen LogP contribution in [-0.2, 0) is 5.67 Å². The first-order valence-electron chi connectivity index (χ1n) is 6.19. The van der Waals surface area contributed by atoms with Crippen LogP contribution in [0.1, 0.15) is 25.3 Å². The Hall–Kier alpha value is -1.09. The van der Waals surface area contributed by atoms with Gasteiger partial charge >= 0.3 is 0 Å². The van der Waals surface area contributed by atoms with E-state index in [0.717, 1.165) is 37.2 Å². The van der Waals surface area contributed by atoms with Gasteiger partial charge in [0, 0.05) is 12.5 Å². The Bertz CT molecular complexity index is 355. The van der Waals surface area contributed by atoms with E-state index < -0.39 is 5.67 Å². The largest absolute Gasteiger partial charge is 0.497 e. The number of hydrogen-bond donors (Lipinski definition) is 1. The summed E-state index contributed by atoms with van der Waals surface area (Å²) < 4.78 is 20.0. The molecular formula is C14H20FNO. The summed E-state index contributed by atoms with van der Waals surface area (Å²) in [7, 11) is 1.62. The Balaban J connectivity index is 2.17. The second kappa shape index (κ2) is 5.05. The van der Waals surface area contributed by atoms with Crippen molar-refractivity contribution in [3.8, 4) is 5.75 Å². The fraction of sp³-hybridized carbons (Fsp3) is 0.571. The lowest BCUT2D eigenvalue weighted by Crippen LogP contribution is -2.39. The minimum Gasteiger partial charge on any atom is -0.497 e. The highest BCUT2D eigenvalue weighted by Crippen LogP contribution is 2.37. The van der Waals surface area contributed by atoms with Gasteiger partial charge in [0.1, 0.15) is 11.4 Å². The molecule has 1 saturated heterocycles. The number of hydrogen-bond acceptors (Lipinski definition) is 2. The molecule has 0 aromatic heterocycles. The van der Waals surface area contributed by atoms with Gasteiger partial charge in [-0.25, -0.2) is 4.39 Å². The third-order valence-electron chi connectivity index (χ3n) is 3.72. The molecular weight excluding hydrogens is 217 g/mol. The Morgan fingerprint density at radius 2 is 2.06 bits per heavy atom. The molecule has 0 saturated carbocycles. The molecule has 0 amide bonds. The van der Waals surface area contributed by atoms with Crippen molar-refractivity contribution < 1.29 is 9.13 Å². The third kappa shape index (κ3) is 2.60. The second-order valence-electron chi connectivity index (χ2n) is 4.85. The maximum absolute atomic E-state index is 14.9. The predicted molar refractivity (Wildman–Crippen MR) is 67.0 cm³/mol. The number of nitrogens with one attached hydrogen (secondary N) is 1. The summed E-state index contributed by atoms with van der Waals surface area (Å²) in [6.45, 7) is 3.46. The summed E-state index contributed by atoms with van der Waals surface area (Å²) in [5.41, 5.74) is -0.522. The van der Waals surface area contributed by atoms with Crippen LogP contribution in [0, 0.1) is 5.92 Å². The van der Waals surface area contributed by atoms with Crippen LogP contribution in [-0.4, -0.2) is 20.2 Å². The lowest BCUT2D eigenvalue weighted by molar-refractivity contribution is 0.0811. The van der Waals surface area contributed by atoms with E-state index in [9.17, 15) is 4.39 Å². The number of methoxy groups -OCH3 is 1. The van der Waals surface area contributed by atoms with Crippen LogP contribution in [0.25, 0.3) is 0 Å². The molecule has 0 spiro atoms. The number of benzene rings is 1. The highest BCUT2D eigenvalue weighted by Gasteiger charge is 2.36. The number of ether oxygens (including phenoxy) is 1. The summed E-state index contributed by atoms with van der Waals surface area (Å²) in [6.07, 6.45) is 2.01. The Morgan fingerprint density at radius 3 is 2.59 bits per heavy atom. The van der Waals surface area contributed by atoms with Gasteiger partial charge < -0.3 is 10.1 Å². The van der Waals surface area contributed by atoms with Crippen LogP contribution in [0.15, 0.2) is 24.3 Å². The zero-order valence-corrected chi connectivity index (χ0v) is 10.5. The molecule has 17 heavy (non-hydrogen) atoms. The van der Waals surface area contributed by atoms with E-state index in [1.807, 2.05) is 24.3 Å². The first-order valence-corrected chi connectivity index (χ1v) is 6.19. The molecule has 1 aromatic carbocycles. The van der Waals surface area contributed by atoms with Crippen molar-refractivity contribution in [3.63, 3.8) is 0 Å². The van der Waals surface area contributed by atoms with E-state index in [-0.39, 0.29) is 5.92 Å². The van der Waals surface area contributed by atoms with Crippen molar-refractivity contribution in [3.05, 3.63) is 29.8 Å². The summed E-state index contributed by atoms with van der Waals surface area (Å²) in [5.74, 6) is 0.830. The fourth-order valence-corrected chi connectivity index (χ4v) is 2.47. The van der Waals surface area contributed by atoms with Gasteiger partial charge in [-0.15, -0.1) is 0 Å². The SMILES string of the molecule is COc1ccc(C(C)(F)C2CCCNC2)cc1. The van der Waals surface area contributed by atoms with Crippen molar-refractivity contribution in [2.45, 2.75) is 25.4 Å². The van der Waals surface area contributed by atoms with Crippen LogP contribution in [0.3, 0.4) is 0 Å². The third-order valence-corrected chi connectivity index (χ3v) is 3.72. The molecule has 2 rings (SSSR count). The molecule has 1 aromatic rings. The minimum atomic E-state index is -1.26. The zero-order chi connectivity index (χ0) is 12.3. The molecule has 0 radical (unpaired) electrons. The van der Waals surface area contributed by atoms with Crippen LogP contribution in [0.5, 0.6) is 5.75 Å². The van der Waals surface area contributed by atoms with Gasteiger partial charge in [-0.05, 0) is 44.0 Å². The van der Waals surface area contributed by atoms with Crippen molar-refractivity contribution in [1.82, 2.24) is 5.32 Å². The minimum absolute atomic E-state index is 0.0599. The summed E-state index contributed by atoms with van der Waals surface area (Å²) in [6, 6.07) is 7.30. The summed E-state index contributed by atoms with van der Waals surface area (Å²) in [5, 5.41) is 3.27. The highest BCUT2D eigenvalue weighted by atomic mass is 19.1. The van der Waals surface area contributed by atoms with E-state index in [0.29, 0.717) is 0 Å². The maximum atomic E-state index is 14.9. The highest BCUT2D eigenvalue weighted by molar-refractivity contribution is 5.31. The van der Waals surface area contributed by atoms with Crippen molar-refractivity contribution in [2.75, 3.05) is 20.2 Å². The summed E-state index contributed by atoms with van der Waals surface area (Å²) in [4.78, 5) is 0. The summed E-state index contributed by atoms with van der Waals surface area (Å²) >= 11 is 0. The maximum Gasteiger partial charge on any atom is 0.137 e. The van der Waals surface area contributed by atoms with Crippen molar-refractivity contribution in [1.29, 1.82) is 0 Å². The van der Waals surface area contributed by atoms with E-state index in [1.165, 1.54) is 0 Å². The van der Waals surface area contributed by atoms with Crippen molar-refractivity contribution in [2.24, 2.45) is 5.92 Å².